The number of benzene rings is 1. The molecule has 1 aromatic carbocycles. The van der Waals surface area contributed by atoms with Crippen molar-refractivity contribution < 1.29 is 14.2 Å². The summed E-state index contributed by atoms with van der Waals surface area (Å²) in [6, 6.07) is 3.98. The highest BCUT2D eigenvalue weighted by atomic mass is 19.1. The van der Waals surface area contributed by atoms with Crippen molar-refractivity contribution in [2.75, 3.05) is 6.67 Å². The maximum atomic E-state index is 13.2. The Balaban J connectivity index is 1.96. The molecule has 2 aliphatic rings. The zero-order valence-electron chi connectivity index (χ0n) is 15.1. The molecule has 24 heavy (non-hydrogen) atoms. The molecule has 2 nitrogen and oxygen atoms in total. The van der Waals surface area contributed by atoms with Crippen molar-refractivity contribution >= 4 is 0 Å². The van der Waals surface area contributed by atoms with E-state index in [2.05, 4.69) is 26.8 Å². The summed E-state index contributed by atoms with van der Waals surface area (Å²) in [5.41, 5.74) is 2.57. The van der Waals surface area contributed by atoms with Crippen LogP contribution in [-0.2, 0) is 6.42 Å². The van der Waals surface area contributed by atoms with Gasteiger partial charge in [-0.1, -0.05) is 25.8 Å². The molecule has 1 aliphatic carbocycles. The maximum Gasteiger partial charge on any atom is 0.127 e. The van der Waals surface area contributed by atoms with Gasteiger partial charge in [0.25, 0.3) is 0 Å². The molecule has 132 valence electrons. The van der Waals surface area contributed by atoms with E-state index in [0.29, 0.717) is 12.2 Å². The number of allylic oxidation sites excluding steroid dienone is 2. The highest BCUT2D eigenvalue weighted by molar-refractivity contribution is 5.52. The summed E-state index contributed by atoms with van der Waals surface area (Å²) in [6.07, 6.45) is 7.98. The molecular formula is C21H29FO2. The number of aryl methyl sites for hydroxylation is 1. The van der Waals surface area contributed by atoms with E-state index < -0.39 is 6.67 Å². The molecule has 3 heteroatoms. The number of hydrogen-bond acceptors (Lipinski definition) is 2. The van der Waals surface area contributed by atoms with Crippen LogP contribution in [0.5, 0.6) is 11.5 Å². The van der Waals surface area contributed by atoms with Gasteiger partial charge in [0.2, 0.25) is 0 Å². The van der Waals surface area contributed by atoms with Gasteiger partial charge >= 0.3 is 0 Å². The third-order valence-electron chi connectivity index (χ3n) is 5.69. The Morgan fingerprint density at radius 1 is 1.29 bits per heavy atom. The first-order chi connectivity index (χ1) is 11.5. The average molecular weight is 332 g/mol. The van der Waals surface area contributed by atoms with Gasteiger partial charge in [-0.2, -0.15) is 0 Å². The highest BCUT2D eigenvalue weighted by Gasteiger charge is 2.46. The van der Waals surface area contributed by atoms with Gasteiger partial charge in [0.05, 0.1) is 0 Å². The molecule has 3 rings (SSSR count). The summed E-state index contributed by atoms with van der Waals surface area (Å²) in [5, 5.41) is 10.7. The summed E-state index contributed by atoms with van der Waals surface area (Å²) >= 11 is 0. The average Bonchev–Trinajstić information content (AvgIpc) is 2.53. The van der Waals surface area contributed by atoms with Gasteiger partial charge in [-0.15, -0.1) is 0 Å². The molecule has 0 aromatic heterocycles. The van der Waals surface area contributed by atoms with Crippen LogP contribution in [-0.4, -0.2) is 17.4 Å². The molecular weight excluding hydrogens is 303 g/mol. The fourth-order valence-electron chi connectivity index (χ4n) is 4.35. The first kappa shape index (κ1) is 17.3. The van der Waals surface area contributed by atoms with Crippen molar-refractivity contribution in [2.45, 2.75) is 70.8 Å². The van der Waals surface area contributed by atoms with Gasteiger partial charge in [-0.05, 0) is 62.8 Å². The molecule has 0 amide bonds. The zero-order chi connectivity index (χ0) is 17.3. The van der Waals surface area contributed by atoms with Gasteiger partial charge in [0, 0.05) is 17.4 Å². The lowest BCUT2D eigenvalue weighted by Crippen LogP contribution is -2.45. The first-order valence-corrected chi connectivity index (χ1v) is 9.25. The largest absolute Gasteiger partial charge is 0.508 e. The van der Waals surface area contributed by atoms with Crippen LogP contribution >= 0.6 is 0 Å². The number of phenolic OH excluding ortho intramolecular Hbond substituents is 1. The van der Waals surface area contributed by atoms with E-state index in [-0.39, 0.29) is 17.4 Å². The van der Waals surface area contributed by atoms with Crippen LogP contribution in [0.3, 0.4) is 0 Å². The summed E-state index contributed by atoms with van der Waals surface area (Å²) < 4.78 is 19.5. The Morgan fingerprint density at radius 3 is 2.79 bits per heavy atom. The number of halogens is 1. The monoisotopic (exact) mass is 332 g/mol. The molecule has 0 radical (unpaired) electrons. The number of alkyl halides is 1. The smallest absolute Gasteiger partial charge is 0.127 e. The molecule has 1 aliphatic heterocycles. The molecule has 2 atom stereocenters. The van der Waals surface area contributed by atoms with Crippen LogP contribution in [0.15, 0.2) is 23.8 Å². The molecule has 0 spiro atoms. The zero-order valence-corrected chi connectivity index (χ0v) is 15.1. The van der Waals surface area contributed by atoms with Crippen LogP contribution < -0.4 is 4.74 Å². The lowest BCUT2D eigenvalue weighted by molar-refractivity contribution is 0.00710. The topological polar surface area (TPSA) is 29.5 Å². The quantitative estimate of drug-likeness (QED) is 0.555. The molecule has 0 fully saturated rings. The van der Waals surface area contributed by atoms with Crippen molar-refractivity contribution in [2.24, 2.45) is 5.92 Å². The minimum atomic E-state index is -0.393. The Labute approximate surface area is 144 Å². The van der Waals surface area contributed by atoms with Crippen LogP contribution in [0.4, 0.5) is 4.39 Å². The molecule has 1 heterocycles. The lowest BCUT2D eigenvalue weighted by Gasteiger charge is -2.47. The minimum Gasteiger partial charge on any atom is -0.508 e. The fourth-order valence-corrected chi connectivity index (χ4v) is 4.35. The maximum absolute atomic E-state index is 13.2. The summed E-state index contributed by atoms with van der Waals surface area (Å²) in [5.74, 6) is 1.54. The molecule has 1 aromatic rings. The molecule has 1 N–H and O–H groups in total. The van der Waals surface area contributed by atoms with Crippen molar-refractivity contribution in [3.63, 3.8) is 0 Å². The standard InChI is InChI=1S/C21H29FO2/c1-4-5-6-7-14-11-18(23)20-16-10-15(13-22)8-9-17(16)21(2,3)24-19(20)12-14/h8,11-12,16-17,23H,4-7,9-10,13H2,1-3H3/t16-,17-/m1/s1. The predicted octanol–water partition coefficient (Wildman–Crippen LogP) is 5.69. The SMILES string of the molecule is CCCCCc1cc(O)c2c(c1)OC(C)(C)[C@@H]1CC=C(CF)C[C@@H]21. The normalized spacial score (nSPS) is 24.6. The van der Waals surface area contributed by atoms with Crippen molar-refractivity contribution in [1.29, 1.82) is 0 Å². The van der Waals surface area contributed by atoms with Gasteiger partial charge in [0.1, 0.15) is 23.8 Å². The number of phenols is 1. The molecule has 0 bridgehead atoms. The van der Waals surface area contributed by atoms with E-state index in [1.54, 1.807) is 0 Å². The Kier molecular flexibility index (Phi) is 4.89. The number of unbranched alkanes of at least 4 members (excludes halogenated alkanes) is 2. The first-order valence-electron chi connectivity index (χ1n) is 9.25. The summed E-state index contributed by atoms with van der Waals surface area (Å²) in [6.45, 7) is 6.02. The van der Waals surface area contributed by atoms with Gasteiger partial charge in [0.15, 0.2) is 0 Å². The van der Waals surface area contributed by atoms with E-state index in [0.717, 1.165) is 41.7 Å². The number of ether oxygens (including phenoxy) is 1. The van der Waals surface area contributed by atoms with E-state index in [1.165, 1.54) is 12.8 Å². The highest BCUT2D eigenvalue weighted by Crippen LogP contribution is 2.54. The van der Waals surface area contributed by atoms with E-state index in [9.17, 15) is 9.50 Å². The van der Waals surface area contributed by atoms with Gasteiger partial charge < -0.3 is 9.84 Å². The Bertz CT molecular complexity index is 633. The second-order valence-electron chi connectivity index (χ2n) is 7.84. The van der Waals surface area contributed by atoms with Crippen LogP contribution in [0, 0.1) is 5.92 Å². The van der Waals surface area contributed by atoms with Crippen LogP contribution in [0.2, 0.25) is 0 Å². The fraction of sp³-hybridized carbons (Fsp3) is 0.619. The van der Waals surface area contributed by atoms with Crippen LogP contribution in [0.25, 0.3) is 0 Å². The molecule has 0 saturated carbocycles. The second kappa shape index (κ2) is 6.78. The lowest BCUT2D eigenvalue weighted by atomic mass is 9.67. The number of hydrogen-bond donors (Lipinski definition) is 1. The van der Waals surface area contributed by atoms with E-state index >= 15 is 0 Å². The number of aromatic hydroxyl groups is 1. The third-order valence-corrected chi connectivity index (χ3v) is 5.69. The minimum absolute atomic E-state index is 0.143. The van der Waals surface area contributed by atoms with Crippen LogP contribution in [0.1, 0.15) is 69.9 Å². The summed E-state index contributed by atoms with van der Waals surface area (Å²) in [7, 11) is 0. The number of rotatable bonds is 5. The predicted molar refractivity (Wildman–Crippen MR) is 95.6 cm³/mol. The Hall–Kier alpha value is -1.51. The van der Waals surface area contributed by atoms with Crippen molar-refractivity contribution in [1.82, 2.24) is 0 Å². The molecule has 0 saturated heterocycles. The third kappa shape index (κ3) is 3.18. The van der Waals surface area contributed by atoms with E-state index in [4.69, 9.17) is 4.74 Å². The second-order valence-corrected chi connectivity index (χ2v) is 7.84. The van der Waals surface area contributed by atoms with E-state index in [1.807, 2.05) is 12.1 Å². The Morgan fingerprint density at radius 2 is 2.08 bits per heavy atom. The van der Waals surface area contributed by atoms with Gasteiger partial charge in [-0.25, -0.2) is 4.39 Å². The number of fused-ring (bicyclic) bond motifs is 3. The van der Waals surface area contributed by atoms with Gasteiger partial charge in [-0.3, -0.25) is 0 Å². The molecule has 0 unspecified atom stereocenters. The summed E-state index contributed by atoms with van der Waals surface area (Å²) in [4.78, 5) is 0. The van der Waals surface area contributed by atoms with Crippen molar-refractivity contribution in [3.8, 4) is 11.5 Å². The van der Waals surface area contributed by atoms with Crippen molar-refractivity contribution in [3.05, 3.63) is 34.9 Å².